The lowest BCUT2D eigenvalue weighted by Crippen LogP contribution is -2.60. The van der Waals surface area contributed by atoms with Crippen LogP contribution in [-0.2, 0) is 4.74 Å². The molecule has 0 amide bonds. The number of halogens is 3. The van der Waals surface area contributed by atoms with Crippen LogP contribution in [0.15, 0.2) is 12.8 Å². The number of fused-ring (bicyclic) bond motifs is 1. The molecule has 128 valence electrons. The van der Waals surface area contributed by atoms with Crippen LogP contribution in [0, 0.1) is 23.7 Å². The highest BCUT2D eigenvalue weighted by Crippen LogP contribution is 2.54. The van der Waals surface area contributed by atoms with Crippen molar-refractivity contribution in [3.63, 3.8) is 0 Å². The Morgan fingerprint density at radius 2 is 1.68 bits per heavy atom. The molecular weight excluding hydrogens is 293 g/mol. The number of alkyl halides is 3. The van der Waals surface area contributed by atoms with Gasteiger partial charge in [-0.05, 0) is 43.4 Å². The molecule has 1 N–H and O–H groups in total. The molecule has 2 fully saturated rings. The zero-order valence-electron chi connectivity index (χ0n) is 13.4. The predicted octanol–water partition coefficient (Wildman–Crippen LogP) is 4.68. The number of aliphatic hydroxyl groups is 1. The summed E-state index contributed by atoms with van der Waals surface area (Å²) >= 11 is 0. The van der Waals surface area contributed by atoms with Crippen molar-refractivity contribution in [2.24, 2.45) is 23.7 Å². The molecule has 22 heavy (non-hydrogen) atoms. The normalized spacial score (nSPS) is 35.6. The van der Waals surface area contributed by atoms with Gasteiger partial charge in [0.1, 0.15) is 6.10 Å². The van der Waals surface area contributed by atoms with Gasteiger partial charge >= 0.3 is 6.18 Å². The first-order chi connectivity index (χ1) is 10.2. The quantitative estimate of drug-likeness (QED) is 0.762. The van der Waals surface area contributed by atoms with E-state index in [9.17, 15) is 18.3 Å². The van der Waals surface area contributed by atoms with E-state index in [0.717, 1.165) is 25.7 Å². The molecule has 0 aromatic heterocycles. The Labute approximate surface area is 130 Å². The minimum atomic E-state index is -4.60. The van der Waals surface area contributed by atoms with E-state index in [1.807, 2.05) is 0 Å². The average molecular weight is 320 g/mol. The summed E-state index contributed by atoms with van der Waals surface area (Å²) in [6.45, 7) is 6.52. The van der Waals surface area contributed by atoms with E-state index >= 15 is 0 Å². The Bertz CT molecular complexity index is 394. The lowest BCUT2D eigenvalue weighted by atomic mass is 9.57. The van der Waals surface area contributed by atoms with Crippen molar-refractivity contribution in [3.8, 4) is 0 Å². The Kier molecular flexibility index (Phi) is 5.15. The van der Waals surface area contributed by atoms with E-state index in [-0.39, 0.29) is 17.9 Å². The second kappa shape index (κ2) is 6.42. The highest BCUT2D eigenvalue weighted by Gasteiger charge is 2.63. The van der Waals surface area contributed by atoms with Crippen LogP contribution >= 0.6 is 0 Å². The van der Waals surface area contributed by atoms with Gasteiger partial charge < -0.3 is 9.84 Å². The van der Waals surface area contributed by atoms with E-state index in [4.69, 9.17) is 4.74 Å². The van der Waals surface area contributed by atoms with Crippen LogP contribution in [0.3, 0.4) is 0 Å². The van der Waals surface area contributed by atoms with Crippen molar-refractivity contribution in [1.29, 1.82) is 0 Å². The number of ether oxygens (including phenoxy) is 1. The van der Waals surface area contributed by atoms with Crippen LogP contribution in [0.1, 0.15) is 52.4 Å². The first kappa shape index (κ1) is 17.6. The van der Waals surface area contributed by atoms with Gasteiger partial charge in [0.25, 0.3) is 0 Å². The standard InChI is InChI=1S/C17H27F3O2/c1-4-22-15-10-9-14(12-7-5-6-8-13(12)15)16(21,11(2)3)17(18,19)20/h4,11-15,21H,1,5-10H2,2-3H3. The summed E-state index contributed by atoms with van der Waals surface area (Å²) in [7, 11) is 0. The number of hydrogen-bond donors (Lipinski definition) is 1. The van der Waals surface area contributed by atoms with Gasteiger partial charge in [-0.1, -0.05) is 33.3 Å². The topological polar surface area (TPSA) is 29.5 Å². The molecule has 0 heterocycles. The minimum absolute atomic E-state index is 0.0521. The zero-order chi connectivity index (χ0) is 16.5. The second-order valence-electron chi connectivity index (χ2n) is 7.12. The summed E-state index contributed by atoms with van der Waals surface area (Å²) in [5, 5.41) is 10.6. The summed E-state index contributed by atoms with van der Waals surface area (Å²) in [4.78, 5) is 0. The molecule has 0 bridgehead atoms. The van der Waals surface area contributed by atoms with Crippen LogP contribution in [0.25, 0.3) is 0 Å². The third kappa shape index (κ3) is 2.89. The van der Waals surface area contributed by atoms with Crippen LogP contribution in [-0.4, -0.2) is 23.0 Å². The molecule has 0 radical (unpaired) electrons. The molecular formula is C17H27F3O2. The van der Waals surface area contributed by atoms with Crippen LogP contribution in [0.5, 0.6) is 0 Å². The molecule has 2 saturated carbocycles. The molecule has 0 spiro atoms. The summed E-state index contributed by atoms with van der Waals surface area (Å²) in [5.74, 6) is -1.61. The maximum atomic E-state index is 13.6. The highest BCUT2D eigenvalue weighted by atomic mass is 19.4. The van der Waals surface area contributed by atoms with Crippen LogP contribution in [0.2, 0.25) is 0 Å². The van der Waals surface area contributed by atoms with Crippen LogP contribution < -0.4 is 0 Å². The van der Waals surface area contributed by atoms with E-state index < -0.39 is 23.6 Å². The van der Waals surface area contributed by atoms with Gasteiger partial charge in [0.05, 0.1) is 6.26 Å². The molecule has 2 aliphatic rings. The zero-order valence-corrected chi connectivity index (χ0v) is 13.4. The van der Waals surface area contributed by atoms with Gasteiger partial charge in [0, 0.05) is 5.92 Å². The Morgan fingerprint density at radius 3 is 2.18 bits per heavy atom. The first-order valence-electron chi connectivity index (χ1n) is 8.29. The SMILES string of the molecule is C=COC1CCC(C(O)(C(C)C)C(F)(F)F)C2CCCCC12. The third-order valence-corrected chi connectivity index (χ3v) is 5.80. The van der Waals surface area contributed by atoms with Gasteiger partial charge in [0.15, 0.2) is 5.60 Å². The van der Waals surface area contributed by atoms with Gasteiger partial charge in [0.2, 0.25) is 0 Å². The minimum Gasteiger partial charge on any atom is -0.498 e. The van der Waals surface area contributed by atoms with Crippen molar-refractivity contribution in [1.82, 2.24) is 0 Å². The van der Waals surface area contributed by atoms with Gasteiger partial charge in [-0.3, -0.25) is 0 Å². The van der Waals surface area contributed by atoms with Gasteiger partial charge in [-0.15, -0.1) is 0 Å². The fraction of sp³-hybridized carbons (Fsp3) is 0.882. The largest absolute Gasteiger partial charge is 0.498 e. The monoisotopic (exact) mass is 320 g/mol. The van der Waals surface area contributed by atoms with Crippen molar-refractivity contribution < 1.29 is 23.0 Å². The van der Waals surface area contributed by atoms with E-state index in [1.54, 1.807) is 0 Å². The predicted molar refractivity (Wildman–Crippen MR) is 79.1 cm³/mol. The van der Waals surface area contributed by atoms with Crippen molar-refractivity contribution in [3.05, 3.63) is 12.8 Å². The lowest BCUT2D eigenvalue weighted by Gasteiger charge is -2.52. The van der Waals surface area contributed by atoms with E-state index in [1.165, 1.54) is 20.1 Å². The Hall–Kier alpha value is -0.710. The fourth-order valence-corrected chi connectivity index (χ4v) is 4.73. The van der Waals surface area contributed by atoms with E-state index in [0.29, 0.717) is 12.8 Å². The van der Waals surface area contributed by atoms with Crippen LogP contribution in [0.4, 0.5) is 13.2 Å². The summed E-state index contributed by atoms with van der Waals surface area (Å²) in [5.41, 5.74) is -2.60. The van der Waals surface area contributed by atoms with Crippen molar-refractivity contribution in [2.75, 3.05) is 0 Å². The molecule has 0 aromatic carbocycles. The Morgan fingerprint density at radius 1 is 1.09 bits per heavy atom. The molecule has 2 nitrogen and oxygen atoms in total. The molecule has 5 atom stereocenters. The molecule has 2 rings (SSSR count). The van der Waals surface area contributed by atoms with E-state index in [2.05, 4.69) is 6.58 Å². The fourth-order valence-electron chi connectivity index (χ4n) is 4.73. The summed E-state index contributed by atoms with van der Waals surface area (Å²) in [6.07, 6.45) is 1.25. The highest BCUT2D eigenvalue weighted by molar-refractivity contribution is 5.03. The lowest BCUT2D eigenvalue weighted by molar-refractivity contribution is -0.310. The maximum absolute atomic E-state index is 13.6. The first-order valence-corrected chi connectivity index (χ1v) is 8.29. The molecule has 0 aromatic rings. The van der Waals surface area contributed by atoms with Crippen molar-refractivity contribution in [2.45, 2.75) is 70.3 Å². The van der Waals surface area contributed by atoms with Gasteiger partial charge in [-0.2, -0.15) is 13.2 Å². The molecule has 2 aliphatic carbocycles. The number of rotatable bonds is 4. The number of hydrogen-bond acceptors (Lipinski definition) is 2. The summed E-state index contributed by atoms with van der Waals surface area (Å²) < 4.78 is 46.5. The molecule has 0 saturated heterocycles. The van der Waals surface area contributed by atoms with Crippen molar-refractivity contribution >= 4 is 0 Å². The average Bonchev–Trinajstić information content (AvgIpc) is 2.45. The third-order valence-electron chi connectivity index (χ3n) is 5.80. The maximum Gasteiger partial charge on any atom is 0.417 e. The molecule has 5 unspecified atom stereocenters. The second-order valence-corrected chi connectivity index (χ2v) is 7.12. The summed E-state index contributed by atoms with van der Waals surface area (Å²) in [6, 6.07) is 0. The molecule has 5 heteroatoms. The van der Waals surface area contributed by atoms with Gasteiger partial charge in [-0.25, -0.2) is 0 Å². The Balaban J connectivity index is 2.32. The molecule has 0 aliphatic heterocycles. The smallest absolute Gasteiger partial charge is 0.417 e.